The third-order valence-corrected chi connectivity index (χ3v) is 0.933. The third-order valence-electron chi connectivity index (χ3n) is 0.644. The molecule has 0 aliphatic heterocycles. The van der Waals surface area contributed by atoms with Gasteiger partial charge in [-0.25, -0.2) is 8.81 Å². The first-order chi connectivity index (χ1) is 3.83. The highest BCUT2D eigenvalue weighted by atomic mass is 31.1. The van der Waals surface area contributed by atoms with Crippen LogP contribution in [0.4, 0.5) is 0 Å². The Balaban J connectivity index is 0. The fourth-order valence-electron chi connectivity index (χ4n) is 0. The normalized spacial score (nSPS) is 9.00. The minimum absolute atomic E-state index is 0.110. The topological polar surface area (TPSA) is 23.1 Å². The summed E-state index contributed by atoms with van der Waals surface area (Å²) in [5, 5.41) is 0. The Morgan fingerprint density at radius 1 is 1.12 bits per heavy atom. The first kappa shape index (κ1) is 11.2. The molecule has 0 amide bonds. The number of hydrogen-bond donors (Lipinski definition) is 0. The maximum Gasteiger partial charge on any atom is -0.0528 e. The second-order valence-corrected chi connectivity index (χ2v) is 2.49. The van der Waals surface area contributed by atoms with Crippen molar-refractivity contribution in [1.29, 1.82) is 0 Å². The van der Waals surface area contributed by atoms with E-state index in [1.54, 1.807) is 0 Å². The van der Waals surface area contributed by atoms with Crippen molar-refractivity contribution < 1.29 is 4.89 Å². The van der Waals surface area contributed by atoms with E-state index in [1.165, 1.54) is 12.8 Å². The van der Waals surface area contributed by atoms with Crippen LogP contribution in [0.25, 0.3) is 0 Å². The predicted molar refractivity (Wildman–Crippen MR) is 39.4 cm³/mol. The van der Waals surface area contributed by atoms with Crippen LogP contribution < -0.4 is 4.89 Å². The standard InChI is InChI=1S/C4H10.C2H6OP/c1-3-4-2;1-2-4-3/h3-4H2,1-2H3;4H,2H2,1H3/q;-1. The van der Waals surface area contributed by atoms with Crippen molar-refractivity contribution in [2.45, 2.75) is 33.6 Å². The average molecular weight is 135 g/mol. The van der Waals surface area contributed by atoms with Gasteiger partial charge in [0, 0.05) is 0 Å². The lowest BCUT2D eigenvalue weighted by Gasteiger charge is -1.91. The summed E-state index contributed by atoms with van der Waals surface area (Å²) in [5.41, 5.74) is 0. The second kappa shape index (κ2) is 15.7. The van der Waals surface area contributed by atoms with Crippen molar-refractivity contribution in [3.05, 3.63) is 0 Å². The molecule has 0 aromatic carbocycles. The van der Waals surface area contributed by atoms with E-state index in [0.717, 1.165) is 6.16 Å². The van der Waals surface area contributed by atoms with Crippen LogP contribution in [0.5, 0.6) is 0 Å². The smallest absolute Gasteiger partial charge is 0.0528 e. The summed E-state index contributed by atoms with van der Waals surface area (Å²) in [6.45, 7) is 6.24. The zero-order valence-electron chi connectivity index (χ0n) is 6.03. The Labute approximate surface area is 54.4 Å². The van der Waals surface area contributed by atoms with E-state index in [9.17, 15) is 4.89 Å². The fourth-order valence-corrected chi connectivity index (χ4v) is 0. The van der Waals surface area contributed by atoms with Crippen LogP contribution in [0.15, 0.2) is 0 Å². The summed E-state index contributed by atoms with van der Waals surface area (Å²) in [7, 11) is -0.110. The van der Waals surface area contributed by atoms with Gasteiger partial charge in [-0.05, 0) is 0 Å². The van der Waals surface area contributed by atoms with Crippen LogP contribution in [0.3, 0.4) is 0 Å². The van der Waals surface area contributed by atoms with Gasteiger partial charge in [0.05, 0.1) is 0 Å². The third kappa shape index (κ3) is 32.5. The lowest BCUT2D eigenvalue weighted by molar-refractivity contribution is -0.150. The van der Waals surface area contributed by atoms with Gasteiger partial charge < -0.3 is 4.89 Å². The van der Waals surface area contributed by atoms with Gasteiger partial charge in [-0.3, -0.25) is 0 Å². The van der Waals surface area contributed by atoms with Gasteiger partial charge in [-0.1, -0.05) is 39.8 Å². The Bertz CT molecular complexity index is 16.5. The molecular weight excluding hydrogens is 119 g/mol. The lowest BCUT2D eigenvalue weighted by atomic mass is 10.4. The summed E-state index contributed by atoms with van der Waals surface area (Å²) in [4.78, 5) is 9.33. The summed E-state index contributed by atoms with van der Waals surface area (Å²) < 4.78 is 0. The monoisotopic (exact) mass is 135 g/mol. The van der Waals surface area contributed by atoms with Crippen molar-refractivity contribution in [2.24, 2.45) is 0 Å². The van der Waals surface area contributed by atoms with Crippen LogP contribution >= 0.6 is 8.81 Å². The summed E-state index contributed by atoms with van der Waals surface area (Å²) in [5.74, 6) is 0. The van der Waals surface area contributed by atoms with Gasteiger partial charge in [0.2, 0.25) is 0 Å². The highest BCUT2D eigenvalue weighted by Gasteiger charge is 1.56. The van der Waals surface area contributed by atoms with Crippen molar-refractivity contribution in [3.63, 3.8) is 0 Å². The van der Waals surface area contributed by atoms with Gasteiger partial charge in [-0.2, -0.15) is 0 Å². The number of unbranched alkanes of at least 4 members (excludes halogenated alkanes) is 1. The molecule has 0 heterocycles. The fraction of sp³-hybridized carbons (Fsp3) is 1.00. The van der Waals surface area contributed by atoms with Gasteiger partial charge in [0.1, 0.15) is 0 Å². The molecule has 0 aromatic rings. The molecule has 0 radical (unpaired) electrons. The number of rotatable bonds is 2. The van der Waals surface area contributed by atoms with Gasteiger partial charge in [-0.15, -0.1) is 0 Å². The molecule has 0 fully saturated rings. The maximum atomic E-state index is 9.33. The predicted octanol–water partition coefficient (Wildman–Crippen LogP) is 1.77. The Hall–Kier alpha value is 0.390. The van der Waals surface area contributed by atoms with E-state index in [-0.39, 0.29) is 8.81 Å². The first-order valence-corrected chi connectivity index (χ1v) is 4.29. The van der Waals surface area contributed by atoms with Crippen molar-refractivity contribution in [2.75, 3.05) is 6.16 Å². The SMILES string of the molecule is CCCC.CCP[O-]. The van der Waals surface area contributed by atoms with Crippen LogP contribution in [0, 0.1) is 0 Å². The molecule has 0 saturated carbocycles. The quantitative estimate of drug-likeness (QED) is 0.529. The van der Waals surface area contributed by atoms with E-state index in [0.29, 0.717) is 0 Å². The molecule has 2 heteroatoms. The van der Waals surface area contributed by atoms with E-state index in [2.05, 4.69) is 13.8 Å². The maximum absolute atomic E-state index is 9.33. The van der Waals surface area contributed by atoms with Crippen LogP contribution in [-0.2, 0) is 0 Å². The Morgan fingerprint density at radius 2 is 1.38 bits per heavy atom. The molecule has 0 bridgehead atoms. The van der Waals surface area contributed by atoms with E-state index in [4.69, 9.17) is 0 Å². The Kier molecular flexibility index (Phi) is 22.0. The molecule has 8 heavy (non-hydrogen) atoms. The van der Waals surface area contributed by atoms with Crippen molar-refractivity contribution in [1.82, 2.24) is 0 Å². The minimum Gasteiger partial charge on any atom is -0.832 e. The molecule has 0 aliphatic rings. The molecule has 1 nitrogen and oxygen atoms in total. The van der Waals surface area contributed by atoms with Crippen LogP contribution in [-0.4, -0.2) is 6.16 Å². The molecule has 0 spiro atoms. The summed E-state index contributed by atoms with van der Waals surface area (Å²) >= 11 is 0. The van der Waals surface area contributed by atoms with Crippen LogP contribution in [0.1, 0.15) is 33.6 Å². The average Bonchev–Trinajstić information content (AvgIpc) is 1.88. The minimum atomic E-state index is -0.110. The van der Waals surface area contributed by atoms with Gasteiger partial charge in [0.15, 0.2) is 0 Å². The molecule has 0 rings (SSSR count). The summed E-state index contributed by atoms with van der Waals surface area (Å²) in [6.07, 6.45) is 3.43. The molecule has 0 aliphatic carbocycles. The zero-order valence-corrected chi connectivity index (χ0v) is 7.03. The van der Waals surface area contributed by atoms with Crippen molar-refractivity contribution in [3.8, 4) is 0 Å². The van der Waals surface area contributed by atoms with Gasteiger partial charge >= 0.3 is 0 Å². The molecule has 0 aromatic heterocycles. The van der Waals surface area contributed by atoms with E-state index in [1.807, 2.05) is 6.92 Å². The lowest BCUT2D eigenvalue weighted by Crippen LogP contribution is -1.78. The Morgan fingerprint density at radius 3 is 1.38 bits per heavy atom. The molecule has 0 N–H and O–H groups in total. The molecule has 0 saturated heterocycles. The second-order valence-electron chi connectivity index (χ2n) is 1.50. The first-order valence-electron chi connectivity index (χ1n) is 3.18. The molecule has 1 unspecified atom stereocenters. The highest BCUT2D eigenvalue weighted by Crippen LogP contribution is 1.86. The largest absolute Gasteiger partial charge is 0.832 e. The van der Waals surface area contributed by atoms with E-state index < -0.39 is 0 Å². The zero-order chi connectivity index (χ0) is 6.83. The molecule has 1 atom stereocenters. The van der Waals surface area contributed by atoms with Crippen LogP contribution in [0.2, 0.25) is 0 Å². The number of hydrogen-bond acceptors (Lipinski definition) is 1. The molecule has 52 valence electrons. The molecular formula is C6H16OP-. The van der Waals surface area contributed by atoms with Crippen molar-refractivity contribution >= 4 is 8.81 Å². The van der Waals surface area contributed by atoms with Gasteiger partial charge in [0.25, 0.3) is 0 Å². The van der Waals surface area contributed by atoms with E-state index >= 15 is 0 Å². The summed E-state index contributed by atoms with van der Waals surface area (Å²) in [6, 6.07) is 0. The highest BCUT2D eigenvalue weighted by molar-refractivity contribution is 7.29.